The molecular formula is C22H19Cl2N3O. The average Bonchev–Trinajstić information content (AvgIpc) is 3.05. The highest BCUT2D eigenvalue weighted by atomic mass is 35.5. The number of nitrogens with zero attached hydrogens (tertiary/aromatic N) is 2. The van der Waals surface area contributed by atoms with Crippen molar-refractivity contribution in [3.05, 3.63) is 88.3 Å². The average molecular weight is 412 g/mol. The van der Waals surface area contributed by atoms with Crippen molar-refractivity contribution in [1.29, 1.82) is 0 Å². The summed E-state index contributed by atoms with van der Waals surface area (Å²) >= 11 is 12.3. The Morgan fingerprint density at radius 3 is 2.36 bits per heavy atom. The fraction of sp³-hybridized carbons (Fsp3) is 0.136. The molecule has 2 aromatic carbocycles. The lowest BCUT2D eigenvalue weighted by Gasteiger charge is -2.16. The summed E-state index contributed by atoms with van der Waals surface area (Å²) in [7, 11) is 0. The van der Waals surface area contributed by atoms with Crippen molar-refractivity contribution in [3.63, 3.8) is 0 Å². The molecule has 0 radical (unpaired) electrons. The summed E-state index contributed by atoms with van der Waals surface area (Å²) in [5.74, 6) is 0. The minimum atomic E-state index is -0.919. The molecule has 2 aromatic heterocycles. The zero-order valence-corrected chi connectivity index (χ0v) is 16.5. The summed E-state index contributed by atoms with van der Waals surface area (Å²) in [6, 6.07) is 15.2. The molecule has 1 unspecified atom stereocenters. The van der Waals surface area contributed by atoms with Crippen molar-refractivity contribution in [2.24, 2.45) is 5.73 Å². The molecule has 3 N–H and O–H groups in total. The van der Waals surface area contributed by atoms with E-state index in [1.54, 1.807) is 30.6 Å². The second-order valence-electron chi connectivity index (χ2n) is 6.64. The van der Waals surface area contributed by atoms with Gasteiger partial charge in [-0.05, 0) is 66.1 Å². The number of halogens is 2. The molecule has 6 heteroatoms. The predicted molar refractivity (Wildman–Crippen MR) is 115 cm³/mol. The summed E-state index contributed by atoms with van der Waals surface area (Å²) in [5, 5.41) is 13.1. The Kier molecular flexibility index (Phi) is 5.38. The van der Waals surface area contributed by atoms with Gasteiger partial charge in [0.2, 0.25) is 0 Å². The summed E-state index contributed by atoms with van der Waals surface area (Å²) in [5.41, 5.74) is 10.5. The SMILES string of the molecule is NCCc1cn(C(O)c2cc(Cl)cc(Cl)c2)c2cc(-c3ccncc3)ccc12. The molecule has 0 amide bonds. The third kappa shape index (κ3) is 3.64. The van der Waals surface area contributed by atoms with Crippen molar-refractivity contribution < 1.29 is 5.11 Å². The van der Waals surface area contributed by atoms with Crippen LogP contribution in [0.1, 0.15) is 17.4 Å². The molecule has 2 heterocycles. The normalized spacial score (nSPS) is 12.4. The van der Waals surface area contributed by atoms with Gasteiger partial charge in [-0.2, -0.15) is 0 Å². The third-order valence-electron chi connectivity index (χ3n) is 4.79. The number of aromatic nitrogens is 2. The van der Waals surface area contributed by atoms with Gasteiger partial charge in [0.15, 0.2) is 6.23 Å². The molecule has 28 heavy (non-hydrogen) atoms. The van der Waals surface area contributed by atoms with Crippen LogP contribution in [0.25, 0.3) is 22.0 Å². The van der Waals surface area contributed by atoms with Gasteiger partial charge >= 0.3 is 0 Å². The summed E-state index contributed by atoms with van der Waals surface area (Å²) < 4.78 is 1.84. The maximum absolute atomic E-state index is 11.1. The Labute approximate surface area is 173 Å². The van der Waals surface area contributed by atoms with Crippen molar-refractivity contribution in [2.45, 2.75) is 12.6 Å². The zero-order chi connectivity index (χ0) is 19.7. The van der Waals surface area contributed by atoms with Crippen molar-refractivity contribution in [1.82, 2.24) is 9.55 Å². The van der Waals surface area contributed by atoms with E-state index in [1.165, 1.54) is 0 Å². The first-order valence-corrected chi connectivity index (χ1v) is 9.70. The highest BCUT2D eigenvalue weighted by molar-refractivity contribution is 6.34. The monoisotopic (exact) mass is 411 g/mol. The number of rotatable bonds is 5. The molecule has 0 aliphatic rings. The first kappa shape index (κ1) is 19.0. The Morgan fingerprint density at radius 2 is 1.68 bits per heavy atom. The standard InChI is InChI=1S/C22H19Cl2N3O/c23-18-9-17(10-19(24)12-18)22(28)27-13-16(3-6-25)20-2-1-15(11-21(20)27)14-4-7-26-8-5-14/h1-2,4-5,7-13,22,28H,3,6,25H2. The number of hydrogen-bond donors (Lipinski definition) is 2. The second kappa shape index (κ2) is 7.94. The zero-order valence-electron chi connectivity index (χ0n) is 15.0. The van der Waals surface area contributed by atoms with E-state index >= 15 is 0 Å². The van der Waals surface area contributed by atoms with Crippen LogP contribution < -0.4 is 5.73 Å². The van der Waals surface area contributed by atoms with Crippen LogP contribution in [0.15, 0.2) is 67.1 Å². The van der Waals surface area contributed by atoms with Crippen molar-refractivity contribution in [2.75, 3.05) is 6.54 Å². The van der Waals surface area contributed by atoms with Gasteiger partial charge in [0.05, 0.1) is 5.52 Å². The van der Waals surface area contributed by atoms with Gasteiger partial charge < -0.3 is 15.4 Å². The highest BCUT2D eigenvalue weighted by Gasteiger charge is 2.17. The van der Waals surface area contributed by atoms with Gasteiger partial charge in [0, 0.05) is 39.6 Å². The largest absolute Gasteiger partial charge is 0.369 e. The highest BCUT2D eigenvalue weighted by Crippen LogP contribution is 2.32. The fourth-order valence-corrected chi connectivity index (χ4v) is 4.03. The topological polar surface area (TPSA) is 64.1 Å². The van der Waals surface area contributed by atoms with E-state index in [0.29, 0.717) is 22.2 Å². The van der Waals surface area contributed by atoms with Crippen LogP contribution in [0.3, 0.4) is 0 Å². The van der Waals surface area contributed by atoms with E-state index in [2.05, 4.69) is 23.2 Å². The van der Waals surface area contributed by atoms with Gasteiger partial charge in [0.1, 0.15) is 0 Å². The first-order chi connectivity index (χ1) is 13.6. The third-order valence-corrected chi connectivity index (χ3v) is 5.23. The van der Waals surface area contributed by atoms with Crippen molar-refractivity contribution in [3.8, 4) is 11.1 Å². The minimum absolute atomic E-state index is 0.484. The number of fused-ring (bicyclic) bond motifs is 1. The molecule has 0 bridgehead atoms. The number of nitrogens with two attached hydrogens (primary N) is 1. The summed E-state index contributed by atoms with van der Waals surface area (Å²) in [4.78, 5) is 4.08. The lowest BCUT2D eigenvalue weighted by Crippen LogP contribution is -2.09. The molecule has 0 saturated heterocycles. The maximum Gasteiger partial charge on any atom is 0.157 e. The molecule has 1 atom stereocenters. The maximum atomic E-state index is 11.1. The van der Waals surface area contributed by atoms with E-state index in [1.807, 2.05) is 22.9 Å². The van der Waals surface area contributed by atoms with E-state index in [0.717, 1.165) is 34.0 Å². The molecule has 4 rings (SSSR count). The second-order valence-corrected chi connectivity index (χ2v) is 7.52. The molecular weight excluding hydrogens is 393 g/mol. The van der Waals surface area contributed by atoms with Crippen molar-refractivity contribution >= 4 is 34.1 Å². The van der Waals surface area contributed by atoms with Crippen LogP contribution in [-0.4, -0.2) is 21.2 Å². The van der Waals surface area contributed by atoms with E-state index < -0.39 is 6.23 Å². The molecule has 4 aromatic rings. The molecule has 0 aliphatic heterocycles. The Bertz CT molecular complexity index is 1110. The lowest BCUT2D eigenvalue weighted by molar-refractivity contribution is 0.151. The fourth-order valence-electron chi connectivity index (χ4n) is 3.49. The van der Waals surface area contributed by atoms with Gasteiger partial charge in [0.25, 0.3) is 0 Å². The van der Waals surface area contributed by atoms with E-state index in [4.69, 9.17) is 28.9 Å². The molecule has 0 aliphatic carbocycles. The Hall–Kier alpha value is -2.37. The van der Waals surface area contributed by atoms with Crippen LogP contribution in [0, 0.1) is 0 Å². The number of aliphatic hydroxyl groups excluding tert-OH is 1. The number of aliphatic hydroxyl groups is 1. The first-order valence-electron chi connectivity index (χ1n) is 8.95. The van der Waals surface area contributed by atoms with Crippen LogP contribution in [-0.2, 0) is 6.42 Å². The van der Waals surface area contributed by atoms with Crippen LogP contribution >= 0.6 is 23.2 Å². The van der Waals surface area contributed by atoms with Gasteiger partial charge in [-0.1, -0.05) is 35.3 Å². The number of hydrogen-bond acceptors (Lipinski definition) is 3. The van der Waals surface area contributed by atoms with Gasteiger partial charge in [-0.15, -0.1) is 0 Å². The van der Waals surface area contributed by atoms with Crippen LogP contribution in [0.5, 0.6) is 0 Å². The molecule has 0 spiro atoms. The van der Waals surface area contributed by atoms with Gasteiger partial charge in [-0.25, -0.2) is 0 Å². The Balaban J connectivity index is 1.88. The number of benzene rings is 2. The quantitative estimate of drug-likeness (QED) is 0.482. The smallest absolute Gasteiger partial charge is 0.157 e. The molecule has 4 nitrogen and oxygen atoms in total. The molecule has 0 fully saturated rings. The molecule has 142 valence electrons. The van der Waals surface area contributed by atoms with Crippen LogP contribution in [0.2, 0.25) is 10.0 Å². The Morgan fingerprint density at radius 1 is 0.964 bits per heavy atom. The predicted octanol–water partition coefficient (Wildman–Crippen LogP) is 5.05. The summed E-state index contributed by atoms with van der Waals surface area (Å²) in [6.07, 6.45) is 5.29. The molecule has 0 saturated carbocycles. The minimum Gasteiger partial charge on any atom is -0.369 e. The van der Waals surface area contributed by atoms with E-state index in [-0.39, 0.29) is 0 Å². The lowest BCUT2D eigenvalue weighted by atomic mass is 10.0. The van der Waals surface area contributed by atoms with E-state index in [9.17, 15) is 5.11 Å². The summed E-state index contributed by atoms with van der Waals surface area (Å²) in [6.45, 7) is 0.532. The number of pyridine rings is 1. The van der Waals surface area contributed by atoms with Crippen LogP contribution in [0.4, 0.5) is 0 Å². The van der Waals surface area contributed by atoms with Gasteiger partial charge in [-0.3, -0.25) is 4.98 Å².